The Labute approximate surface area is 197 Å². The summed E-state index contributed by atoms with van der Waals surface area (Å²) in [6.07, 6.45) is 0. The summed E-state index contributed by atoms with van der Waals surface area (Å²) in [5, 5.41) is 9.72. The number of aromatic amines is 2. The Kier molecular flexibility index (Phi) is 3.86. The van der Waals surface area contributed by atoms with E-state index < -0.39 is 0 Å². The third-order valence-electron chi connectivity index (χ3n) is 7.02. The second-order valence-corrected chi connectivity index (χ2v) is 9.03. The Morgan fingerprint density at radius 3 is 1.63 bits per heavy atom. The molecule has 0 radical (unpaired) electrons. The first-order chi connectivity index (χ1) is 17.0. The number of nitrogens with one attached hydrogen (secondary N) is 2. The zero-order valence-corrected chi connectivity index (χ0v) is 18.7. The summed E-state index contributed by atoms with van der Waals surface area (Å²) in [6.45, 7) is 1.59. The van der Waals surface area contributed by atoms with E-state index in [2.05, 4.69) is 16.0 Å². The van der Waals surface area contributed by atoms with Gasteiger partial charge in [-0.05, 0) is 80.3 Å². The number of hydrogen-bond acceptors (Lipinski definition) is 3. The normalized spacial score (nSPS) is 11.9. The number of fused-ring (bicyclic) bond motifs is 11. The molecule has 2 N–H and O–H groups in total. The smallest absolute Gasteiger partial charge is 0.248 e. The molecular formula is C30H18N2O3. The fourth-order valence-electron chi connectivity index (χ4n) is 5.54. The topological polar surface area (TPSA) is 82.8 Å². The molecule has 0 amide bonds. The van der Waals surface area contributed by atoms with Crippen molar-refractivity contribution in [2.45, 2.75) is 6.92 Å². The van der Waals surface area contributed by atoms with E-state index in [1.54, 1.807) is 13.0 Å². The number of hydrogen-bond donors (Lipinski definition) is 2. The third-order valence-corrected chi connectivity index (χ3v) is 7.02. The molecule has 5 heteroatoms. The van der Waals surface area contributed by atoms with Gasteiger partial charge in [-0.25, -0.2) is 0 Å². The van der Waals surface area contributed by atoms with Crippen molar-refractivity contribution in [2.75, 3.05) is 0 Å². The van der Waals surface area contributed by atoms with Crippen LogP contribution in [0.15, 0.2) is 88.5 Å². The van der Waals surface area contributed by atoms with Gasteiger partial charge in [-0.1, -0.05) is 36.4 Å². The number of aromatic nitrogens is 2. The number of H-pyrrole nitrogens is 2. The molecule has 2 heterocycles. The van der Waals surface area contributed by atoms with Gasteiger partial charge in [0.05, 0.1) is 0 Å². The van der Waals surface area contributed by atoms with E-state index in [1.807, 2.05) is 60.7 Å². The lowest BCUT2D eigenvalue weighted by Crippen LogP contribution is -2.03. The molecule has 0 fully saturated rings. The number of Topliss-reactive ketones (excluding diaryl/α,β-unsaturated/α-hetero) is 1. The lowest BCUT2D eigenvalue weighted by molar-refractivity contribution is 0.101. The van der Waals surface area contributed by atoms with Gasteiger partial charge < -0.3 is 9.97 Å². The second kappa shape index (κ2) is 6.87. The second-order valence-electron chi connectivity index (χ2n) is 9.03. The molecule has 0 unspecified atom stereocenters. The SMILES string of the molecule is CC(=O)c1cc2ccc3ccc4[nH]c(=O)ccc4c3c2c2c1ccc1ccc3[nH]c(=O)ccc3c12. The lowest BCUT2D eigenvalue weighted by Gasteiger charge is -2.16. The monoisotopic (exact) mass is 454 g/mol. The first-order valence-electron chi connectivity index (χ1n) is 11.4. The van der Waals surface area contributed by atoms with Gasteiger partial charge >= 0.3 is 0 Å². The predicted octanol–water partition coefficient (Wildman–Crippen LogP) is 6.19. The maximum Gasteiger partial charge on any atom is 0.248 e. The van der Waals surface area contributed by atoms with E-state index in [0.29, 0.717) is 5.56 Å². The molecule has 35 heavy (non-hydrogen) atoms. The van der Waals surface area contributed by atoms with Gasteiger partial charge in [-0.3, -0.25) is 14.4 Å². The van der Waals surface area contributed by atoms with Gasteiger partial charge in [0, 0.05) is 39.5 Å². The Balaban J connectivity index is 1.90. The summed E-state index contributed by atoms with van der Waals surface area (Å²) in [5.74, 6) is -0.00718. The molecule has 0 aliphatic heterocycles. The molecule has 7 aromatic rings. The number of carbonyl (C=O) groups is 1. The molecule has 7 rings (SSSR count). The van der Waals surface area contributed by atoms with Crippen molar-refractivity contribution >= 4 is 70.7 Å². The molecule has 5 nitrogen and oxygen atoms in total. The van der Waals surface area contributed by atoms with Crippen molar-refractivity contribution in [3.05, 3.63) is 105 Å². The van der Waals surface area contributed by atoms with E-state index in [0.717, 1.165) is 64.9 Å². The Morgan fingerprint density at radius 2 is 1.03 bits per heavy atom. The van der Waals surface area contributed by atoms with Crippen LogP contribution in [-0.4, -0.2) is 15.8 Å². The van der Waals surface area contributed by atoms with Gasteiger partial charge in [0.1, 0.15) is 0 Å². The fourth-order valence-corrected chi connectivity index (χ4v) is 5.54. The molecule has 0 bridgehead atoms. The Hall–Kier alpha value is -4.77. The van der Waals surface area contributed by atoms with Crippen LogP contribution in [0.25, 0.3) is 64.9 Å². The summed E-state index contributed by atoms with van der Waals surface area (Å²) >= 11 is 0. The minimum atomic E-state index is -0.160. The summed E-state index contributed by atoms with van der Waals surface area (Å²) < 4.78 is 0. The van der Waals surface area contributed by atoms with Crippen LogP contribution < -0.4 is 11.1 Å². The maximum atomic E-state index is 12.8. The minimum absolute atomic E-state index is 0.00718. The van der Waals surface area contributed by atoms with E-state index in [9.17, 15) is 14.4 Å². The molecule has 0 saturated carbocycles. The highest BCUT2D eigenvalue weighted by Gasteiger charge is 2.17. The van der Waals surface area contributed by atoms with E-state index >= 15 is 0 Å². The fraction of sp³-hybridized carbons (Fsp3) is 0.0333. The molecule has 0 aliphatic rings. The molecule has 5 aromatic carbocycles. The molecule has 0 atom stereocenters. The Bertz CT molecular complexity index is 2190. The van der Waals surface area contributed by atoms with Gasteiger partial charge in [0.25, 0.3) is 0 Å². The van der Waals surface area contributed by atoms with E-state index in [4.69, 9.17) is 0 Å². The molecule has 0 aliphatic carbocycles. The highest BCUT2D eigenvalue weighted by Crippen LogP contribution is 2.42. The van der Waals surface area contributed by atoms with Crippen LogP contribution in [0.2, 0.25) is 0 Å². The summed E-state index contributed by atoms with van der Waals surface area (Å²) in [6, 6.07) is 24.8. The van der Waals surface area contributed by atoms with Crippen LogP contribution in [0.4, 0.5) is 0 Å². The number of carbonyl (C=O) groups excluding carboxylic acids is 1. The molecule has 0 saturated heterocycles. The molecule has 0 spiro atoms. The van der Waals surface area contributed by atoms with Crippen molar-refractivity contribution < 1.29 is 4.79 Å². The average Bonchev–Trinajstić information content (AvgIpc) is 2.86. The van der Waals surface area contributed by atoms with Crippen LogP contribution in [0, 0.1) is 0 Å². The predicted molar refractivity (Wildman–Crippen MR) is 143 cm³/mol. The number of benzene rings is 5. The Morgan fingerprint density at radius 1 is 0.543 bits per heavy atom. The van der Waals surface area contributed by atoms with Crippen molar-refractivity contribution in [1.82, 2.24) is 9.97 Å². The van der Waals surface area contributed by atoms with Gasteiger partial charge in [-0.2, -0.15) is 0 Å². The summed E-state index contributed by atoms with van der Waals surface area (Å²) in [5.41, 5.74) is 1.85. The minimum Gasteiger partial charge on any atom is -0.322 e. The highest BCUT2D eigenvalue weighted by atomic mass is 16.1. The average molecular weight is 454 g/mol. The number of pyridine rings is 2. The van der Waals surface area contributed by atoms with Crippen LogP contribution in [0.3, 0.4) is 0 Å². The molecule has 166 valence electrons. The number of rotatable bonds is 1. The van der Waals surface area contributed by atoms with Crippen LogP contribution in [0.5, 0.6) is 0 Å². The van der Waals surface area contributed by atoms with Crippen molar-refractivity contribution in [1.29, 1.82) is 0 Å². The lowest BCUT2D eigenvalue weighted by atomic mass is 9.87. The van der Waals surface area contributed by atoms with Crippen LogP contribution >= 0.6 is 0 Å². The molecular weight excluding hydrogens is 436 g/mol. The van der Waals surface area contributed by atoms with E-state index in [-0.39, 0.29) is 16.9 Å². The first kappa shape index (κ1) is 19.7. The zero-order chi connectivity index (χ0) is 23.8. The standard InChI is InChI=1S/C30H18N2O3/c1-15(33)22-14-18-3-2-16-5-10-23-20(8-12-25(34)31-23)27(16)29(18)30-19(22)7-4-17-6-11-24-21(28(17)30)9-13-26(35)32-24/h2-14H,1H3,(H,31,34)(H,32,35). The highest BCUT2D eigenvalue weighted by molar-refractivity contribution is 6.36. The first-order valence-corrected chi connectivity index (χ1v) is 11.4. The van der Waals surface area contributed by atoms with Crippen molar-refractivity contribution in [3.8, 4) is 0 Å². The van der Waals surface area contributed by atoms with Gasteiger partial charge in [-0.15, -0.1) is 0 Å². The van der Waals surface area contributed by atoms with Gasteiger partial charge in [0.15, 0.2) is 5.78 Å². The quantitative estimate of drug-likeness (QED) is 0.229. The van der Waals surface area contributed by atoms with Crippen molar-refractivity contribution in [3.63, 3.8) is 0 Å². The maximum absolute atomic E-state index is 12.8. The van der Waals surface area contributed by atoms with Crippen LogP contribution in [0.1, 0.15) is 17.3 Å². The van der Waals surface area contributed by atoms with Gasteiger partial charge in [0.2, 0.25) is 11.1 Å². The summed E-state index contributed by atoms with van der Waals surface area (Å²) in [4.78, 5) is 42.8. The van der Waals surface area contributed by atoms with Crippen molar-refractivity contribution in [2.24, 2.45) is 0 Å². The largest absolute Gasteiger partial charge is 0.322 e. The van der Waals surface area contributed by atoms with Crippen LogP contribution in [-0.2, 0) is 0 Å². The van der Waals surface area contributed by atoms with E-state index in [1.165, 1.54) is 6.07 Å². The zero-order valence-electron chi connectivity index (χ0n) is 18.7. The summed E-state index contributed by atoms with van der Waals surface area (Å²) in [7, 11) is 0. The third kappa shape index (κ3) is 2.72. The molecule has 2 aromatic heterocycles. The number of ketones is 1.